The number of amides is 4. The van der Waals surface area contributed by atoms with Crippen molar-refractivity contribution in [2.75, 3.05) is 33.9 Å². The molecule has 2 saturated heterocycles. The van der Waals surface area contributed by atoms with Gasteiger partial charge in [0, 0.05) is 42.2 Å². The van der Waals surface area contributed by atoms with Gasteiger partial charge in [0.25, 0.3) is 0 Å². The van der Waals surface area contributed by atoms with Crippen molar-refractivity contribution in [1.82, 2.24) is 40.4 Å². The first kappa shape index (κ1) is 42.4. The minimum absolute atomic E-state index is 0.0208. The average Bonchev–Trinajstić information content (AvgIpc) is 3.88. The highest BCUT2D eigenvalue weighted by Crippen LogP contribution is 2.48. The predicted molar refractivity (Wildman–Crippen MR) is 241 cm³/mol. The SMILES string of the molecule is COC(=O)NC[C@H](C(=O)N1CCC[C@H]1c1nc2c(ccc3cc(-c4ccc(-c5nc([C@@H]6CCCN6C(=O)[C@@H](NC(=O)OC)C(C)C)[nH]c5C5CC5)c5c4CCC5)ccc32)[nH]1)C(C)C. The van der Waals surface area contributed by atoms with E-state index in [2.05, 4.69) is 63.1 Å². The van der Waals surface area contributed by atoms with Crippen molar-refractivity contribution >= 4 is 45.8 Å². The highest BCUT2D eigenvalue weighted by Gasteiger charge is 2.40. The first-order chi connectivity index (χ1) is 30.4. The molecule has 2 aliphatic carbocycles. The Morgan fingerprint density at radius 2 is 1.41 bits per heavy atom. The lowest BCUT2D eigenvalue weighted by atomic mass is 9.90. The van der Waals surface area contributed by atoms with Crippen LogP contribution in [0.25, 0.3) is 44.2 Å². The van der Waals surface area contributed by atoms with Gasteiger partial charge in [-0.2, -0.15) is 0 Å². The van der Waals surface area contributed by atoms with Crippen LogP contribution in [0.1, 0.15) is 119 Å². The zero-order valence-corrected chi connectivity index (χ0v) is 37.3. The number of rotatable bonds is 12. The minimum Gasteiger partial charge on any atom is -0.453 e. The molecule has 14 heteroatoms. The molecule has 0 unspecified atom stereocenters. The molecular weight excluding hydrogens is 797 g/mol. The van der Waals surface area contributed by atoms with Crippen LogP contribution in [0.4, 0.5) is 9.59 Å². The molecule has 3 aromatic carbocycles. The third-order valence-electron chi connectivity index (χ3n) is 13.9. The fourth-order valence-corrected chi connectivity index (χ4v) is 10.4. The number of aromatic nitrogens is 4. The van der Waals surface area contributed by atoms with Gasteiger partial charge in [-0.1, -0.05) is 58.0 Å². The first-order valence-corrected chi connectivity index (χ1v) is 22.9. The van der Waals surface area contributed by atoms with Crippen LogP contribution in [0.15, 0.2) is 42.5 Å². The number of hydrogen-bond donors (Lipinski definition) is 4. The number of benzene rings is 3. The number of H-pyrrole nitrogens is 2. The van der Waals surface area contributed by atoms with E-state index in [-0.39, 0.29) is 48.2 Å². The number of likely N-dealkylation sites (tertiary alicyclic amines) is 2. The number of nitrogens with zero attached hydrogens (tertiary/aromatic N) is 4. The summed E-state index contributed by atoms with van der Waals surface area (Å²) >= 11 is 0. The normalized spacial score (nSPS) is 19.6. The highest BCUT2D eigenvalue weighted by atomic mass is 16.5. The molecule has 4 atom stereocenters. The Labute approximate surface area is 368 Å². The largest absolute Gasteiger partial charge is 0.453 e. The van der Waals surface area contributed by atoms with Crippen LogP contribution < -0.4 is 10.6 Å². The van der Waals surface area contributed by atoms with E-state index in [1.54, 1.807) is 0 Å². The molecule has 3 fully saturated rings. The molecule has 0 bridgehead atoms. The van der Waals surface area contributed by atoms with Crippen LogP contribution in [-0.4, -0.2) is 93.6 Å². The number of nitrogens with one attached hydrogen (secondary N) is 4. The van der Waals surface area contributed by atoms with E-state index >= 15 is 0 Å². The number of alkyl carbamates (subject to hydrolysis) is 2. The minimum atomic E-state index is -0.683. The topological polar surface area (TPSA) is 175 Å². The van der Waals surface area contributed by atoms with Crippen LogP contribution in [-0.2, 0) is 31.9 Å². The van der Waals surface area contributed by atoms with Gasteiger partial charge in [-0.3, -0.25) is 9.59 Å². The molecule has 4 heterocycles. The third-order valence-corrected chi connectivity index (χ3v) is 13.9. The van der Waals surface area contributed by atoms with E-state index in [0.29, 0.717) is 19.0 Å². The Morgan fingerprint density at radius 3 is 2.08 bits per heavy atom. The lowest BCUT2D eigenvalue weighted by Gasteiger charge is -2.30. The van der Waals surface area contributed by atoms with Gasteiger partial charge in [0.1, 0.15) is 17.7 Å². The first-order valence-electron chi connectivity index (χ1n) is 22.9. The van der Waals surface area contributed by atoms with E-state index in [9.17, 15) is 19.2 Å². The number of carbonyl (C=O) groups is 4. The Hall–Kier alpha value is -5.92. The molecule has 2 aliphatic heterocycles. The summed E-state index contributed by atoms with van der Waals surface area (Å²) in [7, 11) is 2.64. The molecule has 332 valence electrons. The van der Waals surface area contributed by atoms with E-state index in [4.69, 9.17) is 19.4 Å². The summed E-state index contributed by atoms with van der Waals surface area (Å²) < 4.78 is 9.61. The van der Waals surface area contributed by atoms with Crippen molar-refractivity contribution in [2.24, 2.45) is 17.8 Å². The van der Waals surface area contributed by atoms with Gasteiger partial charge in [0.15, 0.2) is 0 Å². The number of ether oxygens (including phenoxy) is 2. The number of fused-ring (bicyclic) bond motifs is 4. The highest BCUT2D eigenvalue weighted by molar-refractivity contribution is 6.05. The van der Waals surface area contributed by atoms with Crippen LogP contribution >= 0.6 is 0 Å². The molecule has 63 heavy (non-hydrogen) atoms. The summed E-state index contributed by atoms with van der Waals surface area (Å²) in [6.07, 6.45) is 7.54. The maximum absolute atomic E-state index is 14.0. The van der Waals surface area contributed by atoms with E-state index < -0.39 is 18.2 Å². The quantitative estimate of drug-likeness (QED) is 0.0967. The summed E-state index contributed by atoms with van der Waals surface area (Å²) in [5.41, 5.74) is 10.4. The lowest BCUT2D eigenvalue weighted by Crippen LogP contribution is -2.51. The zero-order valence-electron chi connectivity index (χ0n) is 37.3. The number of aromatic amines is 2. The molecule has 4 N–H and O–H groups in total. The Kier molecular flexibility index (Phi) is 11.7. The summed E-state index contributed by atoms with van der Waals surface area (Å²) in [6.45, 7) is 9.37. The summed E-state index contributed by atoms with van der Waals surface area (Å²) in [4.78, 5) is 73.6. The van der Waals surface area contributed by atoms with Crippen LogP contribution in [0, 0.1) is 17.8 Å². The van der Waals surface area contributed by atoms with Crippen LogP contribution in [0.2, 0.25) is 0 Å². The Morgan fingerprint density at radius 1 is 0.746 bits per heavy atom. The second kappa shape index (κ2) is 17.3. The molecule has 1 saturated carbocycles. The fourth-order valence-electron chi connectivity index (χ4n) is 10.4. The molecule has 14 nitrogen and oxygen atoms in total. The van der Waals surface area contributed by atoms with Crippen molar-refractivity contribution in [1.29, 1.82) is 0 Å². The lowest BCUT2D eigenvalue weighted by molar-refractivity contribution is -0.138. The summed E-state index contributed by atoms with van der Waals surface area (Å²) in [6, 6.07) is 14.4. The molecular formula is C49H60N8O6. The molecule has 5 aromatic rings. The van der Waals surface area contributed by atoms with E-state index in [1.807, 2.05) is 37.5 Å². The van der Waals surface area contributed by atoms with Gasteiger partial charge in [-0.05, 0) is 109 Å². The van der Waals surface area contributed by atoms with Crippen molar-refractivity contribution < 1.29 is 28.7 Å². The van der Waals surface area contributed by atoms with Gasteiger partial charge in [0.05, 0.1) is 48.9 Å². The van der Waals surface area contributed by atoms with Gasteiger partial charge in [-0.25, -0.2) is 19.6 Å². The van der Waals surface area contributed by atoms with Gasteiger partial charge in [0.2, 0.25) is 11.8 Å². The Balaban J connectivity index is 0.993. The van der Waals surface area contributed by atoms with E-state index in [0.717, 1.165) is 96.9 Å². The Bertz CT molecular complexity index is 2570. The maximum atomic E-state index is 14.0. The number of methoxy groups -OCH3 is 2. The molecule has 4 amide bonds. The smallest absolute Gasteiger partial charge is 0.407 e. The van der Waals surface area contributed by atoms with E-state index in [1.165, 1.54) is 47.7 Å². The second-order valence-electron chi connectivity index (χ2n) is 18.6. The molecule has 2 aromatic heterocycles. The van der Waals surface area contributed by atoms with Crippen molar-refractivity contribution in [3.8, 4) is 22.4 Å². The molecule has 9 rings (SSSR count). The van der Waals surface area contributed by atoms with Gasteiger partial charge < -0.3 is 39.9 Å². The maximum Gasteiger partial charge on any atom is 0.407 e. The molecule has 0 radical (unpaired) electrons. The number of carbonyl (C=O) groups excluding carboxylic acids is 4. The summed E-state index contributed by atoms with van der Waals surface area (Å²) in [5.74, 6) is 1.53. The fraction of sp³-hybridized carbons (Fsp3) is 0.510. The monoisotopic (exact) mass is 856 g/mol. The number of hydrogen-bond acceptors (Lipinski definition) is 8. The second-order valence-corrected chi connectivity index (χ2v) is 18.6. The standard InChI is InChI=1S/C49H60N8O6/c1-26(2)36(25-50-48(60)62-5)46(58)56-22-8-12-38(56)44-51-37-21-17-30-24-29(16-18-32(30)42(37)53-44)31-19-20-35(34-11-7-10-33(31)34)43-41(28-14-15-28)52-45(54-43)39-13-9-23-57(39)47(59)40(27(3)4)55-49(61)63-6/h16-21,24,26-28,36,38-40H,7-15,22-23,25H2,1-6H3,(H,50,60)(H,51,53)(H,52,54)(H,55,61)/t36-,38-,39-,40-/m0/s1. The van der Waals surface area contributed by atoms with Crippen molar-refractivity contribution in [3.05, 3.63) is 70.9 Å². The summed E-state index contributed by atoms with van der Waals surface area (Å²) in [5, 5.41) is 7.66. The van der Waals surface area contributed by atoms with Crippen LogP contribution in [0.3, 0.4) is 0 Å². The van der Waals surface area contributed by atoms with Gasteiger partial charge >= 0.3 is 12.2 Å². The number of imidazole rings is 2. The van der Waals surface area contributed by atoms with Gasteiger partial charge in [-0.15, -0.1) is 0 Å². The van der Waals surface area contributed by atoms with Crippen LogP contribution in [0.5, 0.6) is 0 Å². The molecule has 0 spiro atoms. The van der Waals surface area contributed by atoms with Crippen molar-refractivity contribution in [2.45, 2.75) is 110 Å². The zero-order chi connectivity index (χ0) is 44.1. The molecule has 4 aliphatic rings. The van der Waals surface area contributed by atoms with Crippen molar-refractivity contribution in [3.63, 3.8) is 0 Å². The average molecular weight is 857 g/mol. The third kappa shape index (κ3) is 8.01. The predicted octanol–water partition coefficient (Wildman–Crippen LogP) is 8.48.